The average Bonchev–Trinajstić information content (AvgIpc) is 3.23. The minimum Gasteiger partial charge on any atom is -0.481 e. The van der Waals surface area contributed by atoms with Crippen LogP contribution in [0.4, 0.5) is 0 Å². The van der Waals surface area contributed by atoms with Gasteiger partial charge >= 0.3 is 23.9 Å². The van der Waals surface area contributed by atoms with Gasteiger partial charge in [-0.2, -0.15) is 0 Å². The molecule has 14 N–H and O–H groups in total. The molecule has 19 heteroatoms. The zero-order chi connectivity index (χ0) is 42.4. The van der Waals surface area contributed by atoms with E-state index < -0.39 is 45.5 Å². The van der Waals surface area contributed by atoms with Crippen LogP contribution in [0.2, 0.25) is 0 Å². The number of hydrogen-bond acceptors (Lipinski definition) is 8. The first-order chi connectivity index (χ1) is 28.8. The van der Waals surface area contributed by atoms with Gasteiger partial charge in [0.15, 0.2) is 0 Å². The Morgan fingerprint density at radius 1 is 0.373 bits per heavy atom. The van der Waals surface area contributed by atoms with Crippen LogP contribution in [0.15, 0.2) is 98.1 Å². The molecule has 4 heterocycles. The van der Waals surface area contributed by atoms with Gasteiger partial charge in [0.2, 0.25) is 0 Å². The predicted molar refractivity (Wildman–Crippen MR) is 239 cm³/mol. The van der Waals surface area contributed by atoms with Crippen molar-refractivity contribution in [2.75, 3.05) is 0 Å². The molecule has 0 radical (unpaired) electrons. The largest absolute Gasteiger partial charge is 0.481 e. The Morgan fingerprint density at radius 2 is 0.537 bits per heavy atom. The first-order valence-electron chi connectivity index (χ1n) is 21.3. The van der Waals surface area contributed by atoms with Crippen molar-refractivity contribution in [1.29, 1.82) is 0 Å². The Morgan fingerprint density at radius 3 is 0.687 bits per heavy atom. The maximum atomic E-state index is 11.4. The first kappa shape index (κ1) is 62.5. The van der Waals surface area contributed by atoms with Crippen molar-refractivity contribution in [3.63, 3.8) is 0 Å². The van der Waals surface area contributed by atoms with Crippen LogP contribution in [0.1, 0.15) is 99.3 Å². The van der Waals surface area contributed by atoms with Crippen LogP contribution in [0.3, 0.4) is 0 Å². The molecule has 8 aliphatic rings. The van der Waals surface area contributed by atoms with Crippen LogP contribution in [-0.4, -0.2) is 91.6 Å². The molecule has 0 saturated heterocycles. The summed E-state index contributed by atoms with van der Waals surface area (Å²) in [4.78, 5) is 61.7. The van der Waals surface area contributed by atoms with Gasteiger partial charge in [-0.05, 0) is 197 Å². The van der Waals surface area contributed by atoms with Crippen molar-refractivity contribution in [2.24, 2.45) is 45.3 Å². The Hall–Kier alpha value is -4.47. The number of carboxylic acids is 4. The van der Waals surface area contributed by atoms with Gasteiger partial charge in [-0.15, -0.1) is 0 Å². The van der Waals surface area contributed by atoms with Gasteiger partial charge in [0, 0.05) is 88.5 Å². The normalized spacial score (nSPS) is 27.7. The van der Waals surface area contributed by atoms with Gasteiger partial charge < -0.3 is 47.8 Å². The minimum absolute atomic E-state index is 0. The average molecular weight is 1040 g/mol. The molecule has 0 atom stereocenters. The number of carbonyl (C=O) groups is 4. The standard InChI is InChI=1S/2C12H12N2.2C12H16O4.5H2O.2Zn/c2*1(11-3-7-13-8-4-11)2-12-5-9-14-10-6-12;2*13-9(14)11-2-7-1-8(4-11)5-12(3-7,6-11)10(15)16;;;;;;;/h2*3-10H,1-2H2;2*7-8H,1-6H2,(H,13,14)(H,15,16);5*1H2;;. The third kappa shape index (κ3) is 14.8. The quantitative estimate of drug-likeness (QED) is 0.165. The van der Waals surface area contributed by atoms with Crippen LogP contribution in [0, 0.1) is 45.3 Å². The second-order valence-electron chi connectivity index (χ2n) is 18.7. The SMILES string of the molecule is O.O.O.O.O.O=C(O)C12CC3CC(C1)CC(C(=O)O)(C3)C2.O=C(O)C12CC3CC(C1)CC(C(=O)O)(C3)C2.[Zn].[Zn].c1cc(CCc2ccncc2)ccn1.c1cc(CCc2ccncc2)ccn1. The summed E-state index contributed by atoms with van der Waals surface area (Å²) in [5.74, 6) is -1.78. The van der Waals surface area contributed by atoms with E-state index in [-0.39, 0.29) is 66.3 Å². The third-order valence-corrected chi connectivity index (χ3v) is 14.3. The van der Waals surface area contributed by atoms with E-state index in [1.54, 1.807) is 0 Å². The van der Waals surface area contributed by atoms with Crippen LogP contribution in [0.5, 0.6) is 0 Å². The fraction of sp³-hybridized carbons (Fsp3) is 0.500. The van der Waals surface area contributed by atoms with Crippen molar-refractivity contribution in [3.8, 4) is 0 Å². The molecule has 8 fully saturated rings. The van der Waals surface area contributed by atoms with Gasteiger partial charge in [0.1, 0.15) is 0 Å². The smallest absolute Gasteiger partial charge is 0.309 e. The van der Waals surface area contributed by atoms with E-state index in [0.717, 1.165) is 38.5 Å². The van der Waals surface area contributed by atoms with Crippen LogP contribution < -0.4 is 0 Å². The third-order valence-electron chi connectivity index (χ3n) is 14.3. The predicted octanol–water partition coefficient (Wildman–Crippen LogP) is 3.88. The molecule has 12 rings (SSSR count). The van der Waals surface area contributed by atoms with Crippen LogP contribution in [0.25, 0.3) is 0 Å². The number of carboxylic acid groups (broad SMARTS) is 4. The Labute approximate surface area is 416 Å². The summed E-state index contributed by atoms with van der Waals surface area (Å²) >= 11 is 0. The molecule has 360 valence electrons. The molecule has 4 aromatic rings. The zero-order valence-electron chi connectivity index (χ0n) is 38.0. The topological polar surface area (TPSA) is 358 Å². The summed E-state index contributed by atoms with van der Waals surface area (Å²) in [7, 11) is 0. The van der Waals surface area contributed by atoms with Crippen molar-refractivity contribution in [2.45, 2.75) is 103 Å². The van der Waals surface area contributed by atoms with Gasteiger partial charge in [0.25, 0.3) is 0 Å². The molecule has 0 amide bonds. The van der Waals surface area contributed by atoms with E-state index in [0.29, 0.717) is 87.9 Å². The van der Waals surface area contributed by atoms with Gasteiger partial charge in [-0.3, -0.25) is 39.1 Å². The summed E-state index contributed by atoms with van der Waals surface area (Å²) in [5, 5.41) is 37.5. The van der Waals surface area contributed by atoms with Crippen molar-refractivity contribution in [1.82, 2.24) is 19.9 Å². The maximum absolute atomic E-state index is 11.4. The Kier molecular flexibility index (Phi) is 25.1. The molecule has 0 aromatic carbocycles. The summed E-state index contributed by atoms with van der Waals surface area (Å²) in [6.45, 7) is 0. The summed E-state index contributed by atoms with van der Waals surface area (Å²) in [6.07, 6.45) is 27.4. The van der Waals surface area contributed by atoms with Crippen LogP contribution >= 0.6 is 0 Å². The molecular formula is C48H66N4O13Zn2. The number of rotatable bonds is 10. The van der Waals surface area contributed by atoms with E-state index in [9.17, 15) is 39.6 Å². The van der Waals surface area contributed by atoms with E-state index in [2.05, 4.69) is 68.5 Å². The zero-order valence-corrected chi connectivity index (χ0v) is 43.9. The van der Waals surface area contributed by atoms with Crippen molar-refractivity contribution < 1.29 is 106 Å². The van der Waals surface area contributed by atoms with Crippen molar-refractivity contribution in [3.05, 3.63) is 120 Å². The Balaban J connectivity index is 0.000000839. The molecule has 8 saturated carbocycles. The molecule has 0 aliphatic heterocycles. The minimum atomic E-state index is -0.771. The number of pyridine rings is 4. The number of aryl methyl sites for hydroxylation is 4. The number of aliphatic carboxylic acids is 4. The van der Waals surface area contributed by atoms with Gasteiger partial charge in [-0.25, -0.2) is 0 Å². The number of aromatic nitrogens is 4. The molecular weight excluding hydrogens is 971 g/mol. The van der Waals surface area contributed by atoms with Crippen LogP contribution in [-0.2, 0) is 83.8 Å². The van der Waals surface area contributed by atoms with E-state index in [4.69, 9.17) is 0 Å². The molecule has 0 spiro atoms. The fourth-order valence-electron chi connectivity index (χ4n) is 12.3. The van der Waals surface area contributed by atoms with Crippen molar-refractivity contribution >= 4 is 23.9 Å². The molecule has 0 unspecified atom stereocenters. The summed E-state index contributed by atoms with van der Waals surface area (Å²) in [5.41, 5.74) is 2.44. The van der Waals surface area contributed by atoms with Gasteiger partial charge in [-0.1, -0.05) is 0 Å². The van der Waals surface area contributed by atoms with E-state index >= 15 is 0 Å². The molecule has 4 aromatic heterocycles. The monoisotopic (exact) mass is 1030 g/mol. The summed E-state index contributed by atoms with van der Waals surface area (Å²) in [6, 6.07) is 16.5. The molecule has 67 heavy (non-hydrogen) atoms. The Bertz CT molecular complexity index is 1810. The molecule has 17 nitrogen and oxygen atoms in total. The second kappa shape index (κ2) is 26.9. The molecule has 8 aliphatic carbocycles. The number of nitrogens with zero attached hydrogens (tertiary/aromatic N) is 4. The van der Waals surface area contributed by atoms with Gasteiger partial charge in [0.05, 0.1) is 21.7 Å². The van der Waals surface area contributed by atoms with E-state index in [1.807, 2.05) is 49.6 Å². The first-order valence-corrected chi connectivity index (χ1v) is 21.3. The van der Waals surface area contributed by atoms with E-state index in [1.165, 1.54) is 22.3 Å². The summed E-state index contributed by atoms with van der Waals surface area (Å²) < 4.78 is 0. The second-order valence-corrected chi connectivity index (χ2v) is 18.7. The fourth-order valence-corrected chi connectivity index (χ4v) is 12.3. The maximum Gasteiger partial charge on any atom is 0.309 e. The number of hydrogen-bond donors (Lipinski definition) is 4. The molecule has 8 bridgehead atoms.